The Hall–Kier alpha value is -2.80. The Kier molecular flexibility index (Phi) is 5.23. The summed E-state index contributed by atoms with van der Waals surface area (Å²) in [6, 6.07) is 4.21. The van der Waals surface area contributed by atoms with E-state index >= 15 is 0 Å². The molecule has 0 radical (unpaired) electrons. The van der Waals surface area contributed by atoms with E-state index in [0.29, 0.717) is 16.8 Å². The van der Waals surface area contributed by atoms with Crippen molar-refractivity contribution in [1.29, 1.82) is 0 Å². The summed E-state index contributed by atoms with van der Waals surface area (Å²) in [5.41, 5.74) is 1.67. The number of nitrogens with zero attached hydrogens (tertiary/aromatic N) is 2. The van der Waals surface area contributed by atoms with Crippen molar-refractivity contribution < 1.29 is 18.3 Å². The Morgan fingerprint density at radius 3 is 2.63 bits per heavy atom. The summed E-state index contributed by atoms with van der Waals surface area (Å²) in [5.74, 6) is -1.55. The number of aliphatic imine (C=N–C) groups is 1. The Balaban J connectivity index is 2.17. The van der Waals surface area contributed by atoms with Crippen LogP contribution < -0.4 is 5.32 Å². The lowest BCUT2D eigenvalue weighted by Crippen LogP contribution is -2.33. The Morgan fingerprint density at radius 2 is 2.00 bits per heavy atom. The van der Waals surface area contributed by atoms with Gasteiger partial charge in [-0.3, -0.25) is 4.99 Å². The SMILES string of the molecule is COC(=O)C1=C(C)NC(c2ncc(C)cc2F)=N[C@H]1c1ccc(F)cc1Cl. The van der Waals surface area contributed by atoms with Crippen LogP contribution in [0, 0.1) is 18.6 Å². The van der Waals surface area contributed by atoms with E-state index in [-0.39, 0.29) is 22.1 Å². The van der Waals surface area contributed by atoms with Crippen LogP contribution in [0.3, 0.4) is 0 Å². The Labute approximate surface area is 159 Å². The fourth-order valence-electron chi connectivity index (χ4n) is 2.83. The number of aromatic nitrogens is 1. The second-order valence-corrected chi connectivity index (χ2v) is 6.45. The molecule has 8 heteroatoms. The molecule has 1 aromatic heterocycles. The number of amidine groups is 1. The molecule has 1 aromatic carbocycles. The van der Waals surface area contributed by atoms with Crippen LogP contribution in [0.2, 0.25) is 5.02 Å². The Morgan fingerprint density at radius 1 is 1.26 bits per heavy atom. The second-order valence-electron chi connectivity index (χ2n) is 6.04. The number of pyridine rings is 1. The van der Waals surface area contributed by atoms with Crippen molar-refractivity contribution in [3.63, 3.8) is 0 Å². The summed E-state index contributed by atoms with van der Waals surface area (Å²) in [6.45, 7) is 3.36. The van der Waals surface area contributed by atoms with Crippen molar-refractivity contribution in [2.45, 2.75) is 19.9 Å². The zero-order chi connectivity index (χ0) is 19.7. The predicted octanol–water partition coefficient (Wildman–Crippen LogP) is 3.86. The molecule has 1 aliphatic heterocycles. The van der Waals surface area contributed by atoms with Crippen molar-refractivity contribution >= 4 is 23.4 Å². The molecule has 27 heavy (non-hydrogen) atoms. The summed E-state index contributed by atoms with van der Waals surface area (Å²) in [7, 11) is 1.24. The third-order valence-electron chi connectivity index (χ3n) is 4.11. The highest BCUT2D eigenvalue weighted by Crippen LogP contribution is 2.36. The molecular formula is C19H16ClF2N3O2. The highest BCUT2D eigenvalue weighted by Gasteiger charge is 2.32. The van der Waals surface area contributed by atoms with Crippen LogP contribution >= 0.6 is 11.6 Å². The van der Waals surface area contributed by atoms with E-state index < -0.39 is 23.6 Å². The van der Waals surface area contributed by atoms with Gasteiger partial charge in [0.1, 0.15) is 17.6 Å². The minimum absolute atomic E-state index is 0.00657. The van der Waals surface area contributed by atoms with Gasteiger partial charge >= 0.3 is 5.97 Å². The molecule has 140 valence electrons. The van der Waals surface area contributed by atoms with Crippen molar-refractivity contribution in [3.8, 4) is 0 Å². The first-order valence-electron chi connectivity index (χ1n) is 8.03. The van der Waals surface area contributed by atoms with Gasteiger partial charge in [0.25, 0.3) is 0 Å². The molecule has 0 aliphatic carbocycles. The molecule has 3 rings (SSSR count). The number of carbonyl (C=O) groups excluding carboxylic acids is 1. The van der Waals surface area contributed by atoms with E-state index in [9.17, 15) is 13.6 Å². The normalized spacial score (nSPS) is 16.7. The number of carbonyl (C=O) groups is 1. The molecular weight excluding hydrogens is 376 g/mol. The molecule has 0 saturated carbocycles. The third-order valence-corrected chi connectivity index (χ3v) is 4.43. The first kappa shape index (κ1) is 19.0. The van der Waals surface area contributed by atoms with Crippen LogP contribution in [-0.2, 0) is 9.53 Å². The molecule has 1 N–H and O–H groups in total. The molecule has 2 heterocycles. The van der Waals surface area contributed by atoms with Gasteiger partial charge in [0.15, 0.2) is 11.7 Å². The van der Waals surface area contributed by atoms with Crippen LogP contribution in [0.25, 0.3) is 0 Å². The zero-order valence-electron chi connectivity index (χ0n) is 14.8. The smallest absolute Gasteiger partial charge is 0.338 e. The molecule has 0 amide bonds. The summed E-state index contributed by atoms with van der Waals surface area (Å²) in [6.07, 6.45) is 1.51. The van der Waals surface area contributed by atoms with Crippen molar-refractivity contribution in [2.24, 2.45) is 4.99 Å². The van der Waals surface area contributed by atoms with Gasteiger partial charge in [0.2, 0.25) is 0 Å². The fraction of sp³-hybridized carbons (Fsp3) is 0.211. The van der Waals surface area contributed by atoms with Gasteiger partial charge in [0.05, 0.1) is 12.7 Å². The highest BCUT2D eigenvalue weighted by atomic mass is 35.5. The van der Waals surface area contributed by atoms with E-state index in [1.54, 1.807) is 13.8 Å². The zero-order valence-corrected chi connectivity index (χ0v) is 15.6. The number of benzene rings is 1. The predicted molar refractivity (Wildman–Crippen MR) is 97.5 cm³/mol. The topological polar surface area (TPSA) is 63.6 Å². The number of allylic oxidation sites excluding steroid dienone is 1. The fourth-order valence-corrected chi connectivity index (χ4v) is 3.10. The van der Waals surface area contributed by atoms with Gasteiger partial charge in [-0.25, -0.2) is 18.6 Å². The summed E-state index contributed by atoms with van der Waals surface area (Å²) in [5, 5.41) is 2.99. The standard InChI is InChI=1S/C19H16ClF2N3O2/c1-9-6-14(22)17(23-8-9)18-24-10(2)15(19(26)27-3)16(25-18)12-5-4-11(21)7-13(12)20/h4-8,16H,1-3H3,(H,24,25)/t16-/m0/s1. The minimum atomic E-state index is -0.899. The molecule has 2 aromatic rings. The van der Waals surface area contributed by atoms with Crippen molar-refractivity contribution in [3.05, 3.63) is 75.2 Å². The third kappa shape index (κ3) is 3.68. The number of hydrogen-bond donors (Lipinski definition) is 1. The quantitative estimate of drug-likeness (QED) is 0.807. The van der Waals surface area contributed by atoms with E-state index in [2.05, 4.69) is 15.3 Å². The van der Waals surface area contributed by atoms with Crippen LogP contribution in [0.4, 0.5) is 8.78 Å². The van der Waals surface area contributed by atoms with E-state index in [0.717, 1.165) is 6.07 Å². The Bertz CT molecular complexity index is 989. The first-order valence-corrected chi connectivity index (χ1v) is 8.41. The molecule has 0 fully saturated rings. The van der Waals surface area contributed by atoms with E-state index in [4.69, 9.17) is 16.3 Å². The number of nitrogens with one attached hydrogen (secondary N) is 1. The van der Waals surface area contributed by atoms with Crippen LogP contribution in [-0.4, -0.2) is 23.9 Å². The molecule has 5 nitrogen and oxygen atoms in total. The number of aryl methyl sites for hydroxylation is 1. The largest absolute Gasteiger partial charge is 0.466 e. The maximum Gasteiger partial charge on any atom is 0.338 e. The van der Waals surface area contributed by atoms with E-state index in [1.165, 1.54) is 31.5 Å². The maximum absolute atomic E-state index is 14.4. The average molecular weight is 392 g/mol. The van der Waals surface area contributed by atoms with Gasteiger partial charge in [0, 0.05) is 22.5 Å². The summed E-state index contributed by atoms with van der Waals surface area (Å²) < 4.78 is 32.7. The number of halogens is 3. The number of methoxy groups -OCH3 is 1. The molecule has 0 unspecified atom stereocenters. The lowest BCUT2D eigenvalue weighted by molar-refractivity contribution is -0.136. The highest BCUT2D eigenvalue weighted by molar-refractivity contribution is 6.31. The molecule has 1 atom stereocenters. The van der Waals surface area contributed by atoms with Crippen molar-refractivity contribution in [1.82, 2.24) is 10.3 Å². The van der Waals surface area contributed by atoms with Crippen LogP contribution in [0.15, 0.2) is 46.7 Å². The van der Waals surface area contributed by atoms with Gasteiger partial charge in [-0.05, 0) is 37.6 Å². The van der Waals surface area contributed by atoms with Gasteiger partial charge in [-0.15, -0.1) is 0 Å². The maximum atomic E-state index is 14.4. The van der Waals surface area contributed by atoms with Gasteiger partial charge in [-0.1, -0.05) is 17.7 Å². The van der Waals surface area contributed by atoms with Gasteiger partial charge < -0.3 is 10.1 Å². The minimum Gasteiger partial charge on any atom is -0.466 e. The van der Waals surface area contributed by atoms with Crippen LogP contribution in [0.5, 0.6) is 0 Å². The average Bonchev–Trinajstić information content (AvgIpc) is 2.60. The van der Waals surface area contributed by atoms with Crippen LogP contribution in [0.1, 0.15) is 29.8 Å². The molecule has 0 bridgehead atoms. The molecule has 0 spiro atoms. The molecule has 1 aliphatic rings. The second kappa shape index (κ2) is 7.44. The summed E-state index contributed by atoms with van der Waals surface area (Å²) in [4.78, 5) is 20.8. The summed E-state index contributed by atoms with van der Waals surface area (Å²) >= 11 is 6.18. The lowest BCUT2D eigenvalue weighted by atomic mass is 9.95. The number of rotatable bonds is 3. The molecule has 0 saturated heterocycles. The lowest BCUT2D eigenvalue weighted by Gasteiger charge is -2.26. The monoisotopic (exact) mass is 391 g/mol. The van der Waals surface area contributed by atoms with Gasteiger partial charge in [-0.2, -0.15) is 0 Å². The number of ether oxygens (including phenoxy) is 1. The first-order chi connectivity index (χ1) is 12.8. The van der Waals surface area contributed by atoms with Crippen molar-refractivity contribution in [2.75, 3.05) is 7.11 Å². The van der Waals surface area contributed by atoms with E-state index in [1.807, 2.05) is 0 Å². The number of hydrogen-bond acceptors (Lipinski definition) is 5. The number of esters is 1.